The first-order valence-electron chi connectivity index (χ1n) is 5.95. The van der Waals surface area contributed by atoms with Crippen LogP contribution in [-0.4, -0.2) is 54.0 Å². The SMILES string of the molecule is COC(=O)C[C@H]1CN(C(=O)OC(C)(C)C)C[C@@H]1O. The average molecular weight is 259 g/mol. The third-order valence-corrected chi connectivity index (χ3v) is 2.71. The van der Waals surface area contributed by atoms with Gasteiger partial charge < -0.3 is 19.5 Å². The smallest absolute Gasteiger partial charge is 0.410 e. The van der Waals surface area contributed by atoms with Crippen LogP contribution in [0.1, 0.15) is 27.2 Å². The molecule has 1 fully saturated rings. The van der Waals surface area contributed by atoms with Crippen LogP contribution < -0.4 is 0 Å². The van der Waals surface area contributed by atoms with Crippen molar-refractivity contribution in [3.63, 3.8) is 0 Å². The summed E-state index contributed by atoms with van der Waals surface area (Å²) in [7, 11) is 1.30. The number of nitrogens with zero attached hydrogens (tertiary/aromatic N) is 1. The molecular weight excluding hydrogens is 238 g/mol. The third-order valence-electron chi connectivity index (χ3n) is 2.71. The van der Waals surface area contributed by atoms with Crippen molar-refractivity contribution in [3.05, 3.63) is 0 Å². The Hall–Kier alpha value is -1.30. The van der Waals surface area contributed by atoms with Gasteiger partial charge in [0, 0.05) is 12.5 Å². The lowest BCUT2D eigenvalue weighted by molar-refractivity contribution is -0.142. The van der Waals surface area contributed by atoms with E-state index >= 15 is 0 Å². The molecule has 1 aliphatic heterocycles. The number of carbonyl (C=O) groups excluding carboxylic acids is 2. The van der Waals surface area contributed by atoms with Gasteiger partial charge in [-0.1, -0.05) is 0 Å². The molecule has 0 bridgehead atoms. The number of carbonyl (C=O) groups is 2. The van der Waals surface area contributed by atoms with Gasteiger partial charge in [-0.2, -0.15) is 0 Å². The minimum Gasteiger partial charge on any atom is -0.469 e. The van der Waals surface area contributed by atoms with Crippen molar-refractivity contribution in [1.82, 2.24) is 4.90 Å². The van der Waals surface area contributed by atoms with Crippen molar-refractivity contribution < 1.29 is 24.2 Å². The Morgan fingerprint density at radius 3 is 2.44 bits per heavy atom. The van der Waals surface area contributed by atoms with Crippen LogP contribution in [0.2, 0.25) is 0 Å². The fourth-order valence-electron chi connectivity index (χ4n) is 1.83. The van der Waals surface area contributed by atoms with Gasteiger partial charge in [-0.15, -0.1) is 0 Å². The van der Waals surface area contributed by atoms with E-state index in [9.17, 15) is 14.7 Å². The number of ether oxygens (including phenoxy) is 2. The minimum atomic E-state index is -0.711. The van der Waals surface area contributed by atoms with Gasteiger partial charge in [0.15, 0.2) is 0 Å². The zero-order valence-electron chi connectivity index (χ0n) is 11.3. The molecule has 0 radical (unpaired) electrons. The van der Waals surface area contributed by atoms with E-state index < -0.39 is 17.8 Å². The van der Waals surface area contributed by atoms with E-state index in [0.717, 1.165) is 0 Å². The Morgan fingerprint density at radius 1 is 1.33 bits per heavy atom. The van der Waals surface area contributed by atoms with Gasteiger partial charge >= 0.3 is 12.1 Å². The van der Waals surface area contributed by atoms with Crippen molar-refractivity contribution >= 4 is 12.1 Å². The molecule has 1 rings (SSSR count). The van der Waals surface area contributed by atoms with Gasteiger partial charge in [-0.05, 0) is 20.8 Å². The van der Waals surface area contributed by atoms with Crippen LogP contribution in [0.3, 0.4) is 0 Å². The van der Waals surface area contributed by atoms with Crippen LogP contribution in [0.4, 0.5) is 4.79 Å². The van der Waals surface area contributed by atoms with E-state index in [-0.39, 0.29) is 24.9 Å². The predicted molar refractivity (Wildman–Crippen MR) is 63.9 cm³/mol. The largest absolute Gasteiger partial charge is 0.469 e. The Kier molecular flexibility index (Phi) is 4.56. The Bertz CT molecular complexity index is 323. The van der Waals surface area contributed by atoms with Gasteiger partial charge in [0.05, 0.1) is 26.2 Å². The summed E-state index contributed by atoms with van der Waals surface area (Å²) >= 11 is 0. The Balaban J connectivity index is 2.53. The van der Waals surface area contributed by atoms with Crippen LogP contribution in [0, 0.1) is 5.92 Å². The second kappa shape index (κ2) is 5.56. The number of hydrogen-bond acceptors (Lipinski definition) is 5. The van der Waals surface area contributed by atoms with Crippen molar-refractivity contribution in [2.45, 2.75) is 38.9 Å². The highest BCUT2D eigenvalue weighted by Gasteiger charge is 2.37. The highest BCUT2D eigenvalue weighted by Crippen LogP contribution is 2.22. The van der Waals surface area contributed by atoms with Gasteiger partial charge in [-0.3, -0.25) is 4.79 Å². The zero-order chi connectivity index (χ0) is 13.9. The molecule has 1 aliphatic rings. The molecule has 104 valence electrons. The molecule has 2 atom stereocenters. The molecule has 0 saturated carbocycles. The molecule has 0 aromatic heterocycles. The molecule has 0 aliphatic carbocycles. The molecule has 1 saturated heterocycles. The molecule has 18 heavy (non-hydrogen) atoms. The number of β-amino-alcohol motifs (C(OH)–C–C–N with tert-alkyl or cyclic N) is 1. The van der Waals surface area contributed by atoms with Crippen molar-refractivity contribution in [3.8, 4) is 0 Å². The quantitative estimate of drug-likeness (QED) is 0.741. The van der Waals surface area contributed by atoms with Gasteiger partial charge in [-0.25, -0.2) is 4.79 Å². The molecule has 1 amide bonds. The average Bonchev–Trinajstić information content (AvgIpc) is 2.58. The molecule has 0 spiro atoms. The maximum Gasteiger partial charge on any atom is 0.410 e. The summed E-state index contributed by atoms with van der Waals surface area (Å²) in [5.41, 5.74) is -0.567. The standard InChI is InChI=1S/C12H21NO5/c1-12(2,3)18-11(16)13-6-8(9(14)7-13)5-10(15)17-4/h8-9,14H,5-7H2,1-4H3/t8-,9-/m0/s1. The molecule has 6 nitrogen and oxygen atoms in total. The van der Waals surface area contributed by atoms with Crippen LogP contribution in [0.15, 0.2) is 0 Å². The van der Waals surface area contributed by atoms with Crippen molar-refractivity contribution in [1.29, 1.82) is 0 Å². The van der Waals surface area contributed by atoms with Gasteiger partial charge in [0.2, 0.25) is 0 Å². The number of amides is 1. The predicted octanol–water partition coefficient (Wildman–Crippen LogP) is 0.777. The number of rotatable bonds is 2. The molecule has 1 heterocycles. The maximum absolute atomic E-state index is 11.8. The van der Waals surface area contributed by atoms with Crippen LogP contribution in [0.25, 0.3) is 0 Å². The first kappa shape index (κ1) is 14.8. The normalized spacial score (nSPS) is 23.9. The topological polar surface area (TPSA) is 76.1 Å². The molecular formula is C12H21NO5. The van der Waals surface area contributed by atoms with E-state index in [4.69, 9.17) is 4.74 Å². The molecule has 0 aromatic carbocycles. The maximum atomic E-state index is 11.8. The van der Waals surface area contributed by atoms with E-state index in [1.54, 1.807) is 20.8 Å². The Morgan fingerprint density at radius 2 is 1.94 bits per heavy atom. The lowest BCUT2D eigenvalue weighted by Gasteiger charge is -2.24. The van der Waals surface area contributed by atoms with E-state index in [1.165, 1.54) is 12.0 Å². The monoisotopic (exact) mass is 259 g/mol. The van der Waals surface area contributed by atoms with E-state index in [1.807, 2.05) is 0 Å². The minimum absolute atomic E-state index is 0.108. The first-order chi connectivity index (χ1) is 8.23. The molecule has 1 N–H and O–H groups in total. The number of aliphatic hydroxyl groups excluding tert-OH is 1. The summed E-state index contributed by atoms with van der Waals surface area (Å²) in [6, 6.07) is 0. The lowest BCUT2D eigenvalue weighted by Crippen LogP contribution is -2.35. The number of methoxy groups -OCH3 is 1. The highest BCUT2D eigenvalue weighted by atomic mass is 16.6. The summed E-state index contributed by atoms with van der Waals surface area (Å²) in [6.45, 7) is 5.84. The molecule has 0 unspecified atom stereocenters. The van der Waals surface area contributed by atoms with Crippen LogP contribution in [-0.2, 0) is 14.3 Å². The second-order valence-corrected chi connectivity index (χ2v) is 5.49. The van der Waals surface area contributed by atoms with E-state index in [0.29, 0.717) is 6.54 Å². The Labute approximate surface area is 107 Å². The number of aliphatic hydroxyl groups is 1. The lowest BCUT2D eigenvalue weighted by atomic mass is 10.0. The fourth-order valence-corrected chi connectivity index (χ4v) is 1.83. The first-order valence-corrected chi connectivity index (χ1v) is 5.95. The third kappa shape index (κ3) is 4.18. The summed E-state index contributed by atoms with van der Waals surface area (Å²) in [5, 5.41) is 9.79. The summed E-state index contributed by atoms with van der Waals surface area (Å²) < 4.78 is 9.76. The molecule has 0 aromatic rings. The van der Waals surface area contributed by atoms with Crippen molar-refractivity contribution in [2.24, 2.45) is 5.92 Å². The van der Waals surface area contributed by atoms with Crippen molar-refractivity contribution in [2.75, 3.05) is 20.2 Å². The number of hydrogen-bond donors (Lipinski definition) is 1. The summed E-state index contributed by atoms with van der Waals surface area (Å²) in [5.74, 6) is -0.671. The zero-order valence-corrected chi connectivity index (χ0v) is 11.3. The van der Waals surface area contributed by atoms with Crippen LogP contribution >= 0.6 is 0 Å². The van der Waals surface area contributed by atoms with Gasteiger partial charge in [0.1, 0.15) is 5.60 Å². The molecule has 6 heteroatoms. The highest BCUT2D eigenvalue weighted by molar-refractivity contribution is 5.71. The summed E-state index contributed by atoms with van der Waals surface area (Å²) in [4.78, 5) is 24.4. The number of esters is 1. The van der Waals surface area contributed by atoms with E-state index in [2.05, 4.69) is 4.74 Å². The fraction of sp³-hybridized carbons (Fsp3) is 0.833. The summed E-state index contributed by atoms with van der Waals surface area (Å²) in [6.07, 6.45) is -1.07. The number of likely N-dealkylation sites (tertiary alicyclic amines) is 1. The van der Waals surface area contributed by atoms with Crippen LogP contribution in [0.5, 0.6) is 0 Å². The van der Waals surface area contributed by atoms with Gasteiger partial charge in [0.25, 0.3) is 0 Å². The second-order valence-electron chi connectivity index (χ2n) is 5.49.